The first-order chi connectivity index (χ1) is 18.4. The Morgan fingerprint density at radius 3 is 2.16 bits per heavy atom. The van der Waals surface area contributed by atoms with E-state index in [1.54, 1.807) is 0 Å². The minimum Gasteiger partial charge on any atom is -0.361 e. The van der Waals surface area contributed by atoms with Crippen LogP contribution in [0.25, 0.3) is 0 Å². The van der Waals surface area contributed by atoms with Crippen LogP contribution in [0, 0.1) is 11.8 Å². The fraction of sp³-hybridized carbons (Fsp3) is 0.633. The quantitative estimate of drug-likeness (QED) is 0.381. The van der Waals surface area contributed by atoms with Gasteiger partial charge in [0.1, 0.15) is 11.6 Å². The third-order valence-electron chi connectivity index (χ3n) is 8.65. The van der Waals surface area contributed by atoms with E-state index >= 15 is 0 Å². The summed E-state index contributed by atoms with van der Waals surface area (Å²) in [6.07, 6.45) is 11.1. The number of piperidine rings is 1. The highest BCUT2D eigenvalue weighted by atomic mass is 35.5. The molecule has 1 aromatic carbocycles. The van der Waals surface area contributed by atoms with E-state index < -0.39 is 0 Å². The molecule has 1 saturated carbocycles. The first-order valence-electron chi connectivity index (χ1n) is 14.6. The number of halogens is 1. The van der Waals surface area contributed by atoms with Gasteiger partial charge in [0.15, 0.2) is 5.11 Å². The summed E-state index contributed by atoms with van der Waals surface area (Å²) in [5.74, 6) is 3.94. The van der Waals surface area contributed by atoms with E-state index in [4.69, 9.17) is 33.8 Å². The normalized spacial score (nSPS) is 23.7. The summed E-state index contributed by atoms with van der Waals surface area (Å²) in [6, 6.07) is 10.5. The Hall–Kier alpha value is -2.12. The Morgan fingerprint density at radius 1 is 0.921 bits per heavy atom. The molecule has 2 aliphatic heterocycles. The van der Waals surface area contributed by atoms with Gasteiger partial charge in [0, 0.05) is 49.2 Å². The summed E-state index contributed by atoms with van der Waals surface area (Å²) in [5.41, 5.74) is 1.42. The summed E-state index contributed by atoms with van der Waals surface area (Å²) in [7, 11) is 0. The zero-order chi connectivity index (χ0) is 26.5. The first kappa shape index (κ1) is 27.4. The maximum absolute atomic E-state index is 6.18. The van der Waals surface area contributed by atoms with Crippen molar-refractivity contribution in [2.45, 2.75) is 77.0 Å². The van der Waals surface area contributed by atoms with Gasteiger partial charge < -0.3 is 20.4 Å². The molecule has 2 saturated heterocycles. The van der Waals surface area contributed by atoms with E-state index in [2.05, 4.69) is 52.5 Å². The van der Waals surface area contributed by atoms with Crippen molar-refractivity contribution in [3.05, 3.63) is 40.9 Å². The predicted octanol–water partition coefficient (Wildman–Crippen LogP) is 6.79. The van der Waals surface area contributed by atoms with Gasteiger partial charge in [-0.3, -0.25) is 0 Å². The van der Waals surface area contributed by atoms with Crippen LogP contribution in [0.2, 0.25) is 5.02 Å². The maximum atomic E-state index is 6.18. The van der Waals surface area contributed by atoms with Crippen molar-refractivity contribution >= 4 is 46.5 Å². The van der Waals surface area contributed by atoms with Crippen molar-refractivity contribution in [2.75, 3.05) is 47.8 Å². The molecule has 2 atom stereocenters. The van der Waals surface area contributed by atoms with E-state index in [1.165, 1.54) is 50.5 Å². The van der Waals surface area contributed by atoms with Crippen molar-refractivity contribution in [3.8, 4) is 0 Å². The standard InChI is InChI=1S/C30H43ClN6S/c1-22-17-23(2)20-37(19-22)27-18-26(36-15-7-3-4-8-16-36)33-28(34-27)35-29(38)32-21-30(13-5-6-14-30)24-9-11-25(31)12-10-24/h9-12,18,22-23H,3-8,13-17,19-21H2,1-2H3,(H2,32,33,34,35,38)/t22-,23+. The van der Waals surface area contributed by atoms with Crippen LogP contribution < -0.4 is 20.4 Å². The Balaban J connectivity index is 1.33. The Labute approximate surface area is 238 Å². The van der Waals surface area contributed by atoms with Gasteiger partial charge >= 0.3 is 0 Å². The number of benzene rings is 1. The van der Waals surface area contributed by atoms with Crippen LogP contribution in [0.1, 0.15) is 77.2 Å². The monoisotopic (exact) mass is 554 g/mol. The van der Waals surface area contributed by atoms with Crippen molar-refractivity contribution in [3.63, 3.8) is 0 Å². The van der Waals surface area contributed by atoms with Crippen LogP contribution in [0.4, 0.5) is 17.6 Å². The largest absolute Gasteiger partial charge is 0.361 e. The van der Waals surface area contributed by atoms with E-state index in [-0.39, 0.29) is 5.41 Å². The number of nitrogens with zero attached hydrogens (tertiary/aromatic N) is 4. The molecule has 8 heteroatoms. The van der Waals surface area contributed by atoms with Gasteiger partial charge in [-0.05, 0) is 73.9 Å². The van der Waals surface area contributed by atoms with Crippen LogP contribution >= 0.6 is 23.8 Å². The molecule has 2 aromatic rings. The third-order valence-corrected chi connectivity index (χ3v) is 9.15. The van der Waals surface area contributed by atoms with Crippen molar-refractivity contribution < 1.29 is 0 Å². The molecule has 3 fully saturated rings. The number of hydrogen-bond donors (Lipinski definition) is 2. The molecular formula is C30H43ClN6S. The summed E-state index contributed by atoms with van der Waals surface area (Å²) >= 11 is 12.0. The topological polar surface area (TPSA) is 56.3 Å². The summed E-state index contributed by atoms with van der Waals surface area (Å²) in [6.45, 7) is 9.65. The van der Waals surface area contributed by atoms with E-state index in [0.29, 0.717) is 22.9 Å². The lowest BCUT2D eigenvalue weighted by atomic mass is 9.79. The fourth-order valence-electron chi connectivity index (χ4n) is 6.77. The highest BCUT2D eigenvalue weighted by molar-refractivity contribution is 7.80. The SMILES string of the molecule is C[C@@H]1C[C@H](C)CN(c2cc(N3CCCCCC3)nc(NC(=S)NCC3(c4ccc(Cl)cc4)CCCC3)n2)C1. The molecule has 0 spiro atoms. The highest BCUT2D eigenvalue weighted by Gasteiger charge is 2.35. The lowest BCUT2D eigenvalue weighted by Gasteiger charge is -2.36. The molecule has 206 valence electrons. The van der Waals surface area contributed by atoms with Gasteiger partial charge in [-0.1, -0.05) is 63.3 Å². The molecule has 0 amide bonds. The van der Waals surface area contributed by atoms with Crippen LogP contribution in [0.3, 0.4) is 0 Å². The second-order valence-corrected chi connectivity index (χ2v) is 12.8. The van der Waals surface area contributed by atoms with Gasteiger partial charge in [0.05, 0.1) is 0 Å². The van der Waals surface area contributed by atoms with Crippen LogP contribution in [0.5, 0.6) is 0 Å². The lowest BCUT2D eigenvalue weighted by Crippen LogP contribution is -2.41. The highest BCUT2D eigenvalue weighted by Crippen LogP contribution is 2.41. The van der Waals surface area contributed by atoms with Gasteiger partial charge in [-0.2, -0.15) is 9.97 Å². The molecule has 5 rings (SSSR count). The molecule has 1 aliphatic carbocycles. The van der Waals surface area contributed by atoms with Crippen molar-refractivity contribution in [1.82, 2.24) is 15.3 Å². The van der Waals surface area contributed by atoms with Crippen molar-refractivity contribution in [1.29, 1.82) is 0 Å². The second-order valence-electron chi connectivity index (χ2n) is 12.0. The van der Waals surface area contributed by atoms with Crippen LogP contribution in [-0.4, -0.2) is 47.8 Å². The predicted molar refractivity (Wildman–Crippen MR) is 164 cm³/mol. The summed E-state index contributed by atoms with van der Waals surface area (Å²) in [5, 5.41) is 8.26. The van der Waals surface area contributed by atoms with Crippen molar-refractivity contribution in [2.24, 2.45) is 11.8 Å². The second kappa shape index (κ2) is 12.4. The van der Waals surface area contributed by atoms with E-state index in [1.807, 2.05) is 12.1 Å². The van der Waals surface area contributed by atoms with Gasteiger partial charge in [0.2, 0.25) is 5.95 Å². The molecule has 0 unspecified atom stereocenters. The Kier molecular flexibility index (Phi) is 8.94. The zero-order valence-corrected chi connectivity index (χ0v) is 24.6. The minimum absolute atomic E-state index is 0.0797. The van der Waals surface area contributed by atoms with Gasteiger partial charge in [0.25, 0.3) is 0 Å². The summed E-state index contributed by atoms with van der Waals surface area (Å²) in [4.78, 5) is 14.8. The first-order valence-corrected chi connectivity index (χ1v) is 15.4. The molecule has 6 nitrogen and oxygen atoms in total. The molecule has 38 heavy (non-hydrogen) atoms. The van der Waals surface area contributed by atoms with E-state index in [9.17, 15) is 0 Å². The fourth-order valence-corrected chi connectivity index (χ4v) is 7.06. The molecule has 0 radical (unpaired) electrons. The zero-order valence-electron chi connectivity index (χ0n) is 23.0. The molecule has 3 heterocycles. The van der Waals surface area contributed by atoms with Gasteiger partial charge in [-0.15, -0.1) is 0 Å². The minimum atomic E-state index is 0.0797. The summed E-state index contributed by atoms with van der Waals surface area (Å²) < 4.78 is 0. The number of hydrogen-bond acceptors (Lipinski definition) is 5. The average molecular weight is 555 g/mol. The molecular weight excluding hydrogens is 512 g/mol. The molecule has 0 bridgehead atoms. The maximum Gasteiger partial charge on any atom is 0.232 e. The number of aromatic nitrogens is 2. The van der Waals surface area contributed by atoms with E-state index in [0.717, 1.165) is 62.2 Å². The third kappa shape index (κ3) is 6.71. The Morgan fingerprint density at radius 2 is 1.53 bits per heavy atom. The van der Waals surface area contributed by atoms with Gasteiger partial charge in [-0.25, -0.2) is 0 Å². The molecule has 2 N–H and O–H groups in total. The lowest BCUT2D eigenvalue weighted by molar-refractivity contribution is 0.355. The Bertz CT molecular complexity index is 1070. The molecule has 1 aromatic heterocycles. The smallest absolute Gasteiger partial charge is 0.232 e. The average Bonchev–Trinajstić information content (AvgIpc) is 3.21. The number of nitrogens with one attached hydrogen (secondary N) is 2. The van der Waals surface area contributed by atoms with Crippen LogP contribution in [0.15, 0.2) is 30.3 Å². The number of rotatable bonds is 6. The number of thiocarbonyl (C=S) groups is 1. The van der Waals surface area contributed by atoms with Crippen LogP contribution in [-0.2, 0) is 5.41 Å². The molecule has 3 aliphatic rings. The number of anilines is 3.